The summed E-state index contributed by atoms with van der Waals surface area (Å²) in [6.45, 7) is 5.80. The largest absolute Gasteiger partial charge is 0.310 e. The fourth-order valence-corrected chi connectivity index (χ4v) is 3.51. The first-order valence-electron chi connectivity index (χ1n) is 6.01. The zero-order valence-electron chi connectivity index (χ0n) is 10.1. The third-order valence-electron chi connectivity index (χ3n) is 3.56. The van der Waals surface area contributed by atoms with Crippen LogP contribution >= 0.6 is 27.3 Å². The van der Waals surface area contributed by atoms with Gasteiger partial charge in [-0.15, -0.1) is 11.3 Å². The van der Waals surface area contributed by atoms with Gasteiger partial charge in [0, 0.05) is 12.6 Å². The Morgan fingerprint density at radius 2 is 2.12 bits per heavy atom. The molecule has 90 valence electrons. The molecule has 16 heavy (non-hydrogen) atoms. The third kappa shape index (κ3) is 3.57. The summed E-state index contributed by atoms with van der Waals surface area (Å²) in [4.78, 5) is 0. The van der Waals surface area contributed by atoms with Crippen LogP contribution in [0.5, 0.6) is 0 Å². The summed E-state index contributed by atoms with van der Waals surface area (Å²) in [6.07, 6.45) is 5.38. The highest BCUT2D eigenvalue weighted by molar-refractivity contribution is 9.11. The Bertz CT molecular complexity index is 335. The number of nitrogens with one attached hydrogen (secondary N) is 1. The highest BCUT2D eigenvalue weighted by Gasteiger charge is 2.26. The average Bonchev–Trinajstić information content (AvgIpc) is 2.63. The van der Waals surface area contributed by atoms with E-state index in [1.54, 1.807) is 11.3 Å². The van der Waals surface area contributed by atoms with Gasteiger partial charge in [0.2, 0.25) is 0 Å². The topological polar surface area (TPSA) is 12.0 Å². The first-order chi connectivity index (χ1) is 7.55. The lowest BCUT2D eigenvalue weighted by Gasteiger charge is -2.34. The number of hydrogen-bond donors (Lipinski definition) is 1. The molecule has 0 saturated heterocycles. The van der Waals surface area contributed by atoms with Crippen LogP contribution in [0.2, 0.25) is 0 Å². The predicted molar refractivity (Wildman–Crippen MR) is 74.9 cm³/mol. The van der Waals surface area contributed by atoms with Crippen molar-refractivity contribution in [1.29, 1.82) is 0 Å². The van der Waals surface area contributed by atoms with Crippen LogP contribution in [0.4, 0.5) is 0 Å². The van der Waals surface area contributed by atoms with Crippen LogP contribution in [0.25, 0.3) is 0 Å². The number of hydrogen-bond acceptors (Lipinski definition) is 2. The Morgan fingerprint density at radius 1 is 1.44 bits per heavy atom. The van der Waals surface area contributed by atoms with E-state index in [0.29, 0.717) is 5.41 Å². The van der Waals surface area contributed by atoms with Gasteiger partial charge in [-0.25, -0.2) is 0 Å². The molecule has 1 aliphatic rings. The maximum atomic E-state index is 3.67. The van der Waals surface area contributed by atoms with Crippen molar-refractivity contribution in [3.63, 3.8) is 0 Å². The van der Waals surface area contributed by atoms with E-state index >= 15 is 0 Å². The van der Waals surface area contributed by atoms with Crippen molar-refractivity contribution in [2.45, 2.75) is 52.1 Å². The molecule has 1 aromatic rings. The van der Waals surface area contributed by atoms with Crippen LogP contribution in [0.3, 0.4) is 0 Å². The standard InChI is InChI=1S/C13H20BrNS/c1-13(2)5-3-11(4-6-13)15-8-10-7-12(14)16-9-10/h7,9,11,15H,3-6,8H2,1-2H3. The summed E-state index contributed by atoms with van der Waals surface area (Å²) in [6, 6.07) is 2.94. The second-order valence-electron chi connectivity index (χ2n) is 5.58. The minimum Gasteiger partial charge on any atom is -0.310 e. The summed E-state index contributed by atoms with van der Waals surface area (Å²) < 4.78 is 1.23. The SMILES string of the molecule is CC1(C)CCC(NCc2csc(Br)c2)CC1. The quantitative estimate of drug-likeness (QED) is 0.862. The first kappa shape index (κ1) is 12.6. The fourth-order valence-electron chi connectivity index (χ4n) is 2.30. The van der Waals surface area contributed by atoms with Gasteiger partial charge < -0.3 is 5.32 Å². The molecule has 0 amide bonds. The van der Waals surface area contributed by atoms with Crippen molar-refractivity contribution in [3.8, 4) is 0 Å². The zero-order valence-corrected chi connectivity index (χ0v) is 12.5. The first-order valence-corrected chi connectivity index (χ1v) is 7.69. The molecular weight excluding hydrogens is 282 g/mol. The van der Waals surface area contributed by atoms with Crippen molar-refractivity contribution < 1.29 is 0 Å². The third-order valence-corrected chi connectivity index (χ3v) is 5.11. The molecule has 1 aromatic heterocycles. The number of halogens is 1. The molecule has 0 spiro atoms. The van der Waals surface area contributed by atoms with Gasteiger partial charge in [-0.2, -0.15) is 0 Å². The van der Waals surface area contributed by atoms with Crippen LogP contribution in [0.1, 0.15) is 45.1 Å². The molecule has 1 fully saturated rings. The van der Waals surface area contributed by atoms with E-state index in [1.165, 1.54) is 35.0 Å². The highest BCUT2D eigenvalue weighted by atomic mass is 79.9. The molecule has 0 bridgehead atoms. The van der Waals surface area contributed by atoms with Crippen molar-refractivity contribution >= 4 is 27.3 Å². The monoisotopic (exact) mass is 301 g/mol. The van der Waals surface area contributed by atoms with Gasteiger partial charge in [-0.05, 0) is 64.0 Å². The Hall–Kier alpha value is 0.140. The normalized spacial score (nSPS) is 21.2. The zero-order chi connectivity index (χ0) is 11.6. The van der Waals surface area contributed by atoms with E-state index in [9.17, 15) is 0 Å². The average molecular weight is 302 g/mol. The maximum absolute atomic E-state index is 3.67. The molecular formula is C13H20BrNS. The summed E-state index contributed by atoms with van der Waals surface area (Å²) in [5.74, 6) is 0. The van der Waals surface area contributed by atoms with Crippen molar-refractivity contribution in [2.75, 3.05) is 0 Å². The van der Waals surface area contributed by atoms with Crippen LogP contribution in [0, 0.1) is 5.41 Å². The number of rotatable bonds is 3. The van der Waals surface area contributed by atoms with Gasteiger partial charge in [0.25, 0.3) is 0 Å². The summed E-state index contributed by atoms with van der Waals surface area (Å²) in [7, 11) is 0. The fraction of sp³-hybridized carbons (Fsp3) is 0.692. The lowest BCUT2D eigenvalue weighted by molar-refractivity contribution is 0.206. The maximum Gasteiger partial charge on any atom is 0.0701 e. The molecule has 1 aliphatic carbocycles. The lowest BCUT2D eigenvalue weighted by atomic mass is 9.75. The summed E-state index contributed by atoms with van der Waals surface area (Å²) in [5.41, 5.74) is 1.98. The van der Waals surface area contributed by atoms with Crippen molar-refractivity contribution in [1.82, 2.24) is 5.32 Å². The molecule has 1 N–H and O–H groups in total. The van der Waals surface area contributed by atoms with Crippen LogP contribution in [-0.2, 0) is 6.54 Å². The van der Waals surface area contributed by atoms with Crippen LogP contribution in [-0.4, -0.2) is 6.04 Å². The summed E-state index contributed by atoms with van der Waals surface area (Å²) >= 11 is 5.27. The molecule has 1 heterocycles. The van der Waals surface area contributed by atoms with E-state index < -0.39 is 0 Å². The minimum atomic E-state index is 0.573. The van der Waals surface area contributed by atoms with E-state index in [4.69, 9.17) is 0 Å². The Labute approximate surface area is 111 Å². The lowest BCUT2D eigenvalue weighted by Crippen LogP contribution is -2.35. The molecule has 1 saturated carbocycles. The molecule has 0 aliphatic heterocycles. The second kappa shape index (κ2) is 5.19. The Morgan fingerprint density at radius 3 is 2.69 bits per heavy atom. The van der Waals surface area contributed by atoms with Gasteiger partial charge in [-0.1, -0.05) is 13.8 Å². The molecule has 0 atom stereocenters. The predicted octanol–water partition coefficient (Wildman–Crippen LogP) is 4.57. The van der Waals surface area contributed by atoms with Gasteiger partial charge in [0.15, 0.2) is 0 Å². The Kier molecular flexibility index (Phi) is 4.09. The highest BCUT2D eigenvalue weighted by Crippen LogP contribution is 2.35. The molecule has 0 radical (unpaired) electrons. The Balaban J connectivity index is 1.75. The van der Waals surface area contributed by atoms with E-state index in [2.05, 4.69) is 46.5 Å². The molecule has 2 rings (SSSR count). The van der Waals surface area contributed by atoms with Crippen LogP contribution in [0.15, 0.2) is 15.2 Å². The molecule has 0 unspecified atom stereocenters. The minimum absolute atomic E-state index is 0.573. The van der Waals surface area contributed by atoms with Crippen molar-refractivity contribution in [3.05, 3.63) is 20.8 Å². The van der Waals surface area contributed by atoms with Gasteiger partial charge >= 0.3 is 0 Å². The molecule has 1 nitrogen and oxygen atoms in total. The molecule has 3 heteroatoms. The number of thiophene rings is 1. The smallest absolute Gasteiger partial charge is 0.0701 e. The summed E-state index contributed by atoms with van der Waals surface area (Å²) in [5, 5.41) is 5.90. The molecule has 0 aromatic carbocycles. The van der Waals surface area contributed by atoms with Gasteiger partial charge in [-0.3, -0.25) is 0 Å². The van der Waals surface area contributed by atoms with Crippen molar-refractivity contribution in [2.24, 2.45) is 5.41 Å². The second-order valence-corrected chi connectivity index (χ2v) is 7.87. The van der Waals surface area contributed by atoms with Crippen LogP contribution < -0.4 is 5.32 Å². The van der Waals surface area contributed by atoms with E-state index in [1.807, 2.05) is 0 Å². The van der Waals surface area contributed by atoms with E-state index in [-0.39, 0.29) is 0 Å². The van der Waals surface area contributed by atoms with Gasteiger partial charge in [0.1, 0.15) is 0 Å². The van der Waals surface area contributed by atoms with E-state index in [0.717, 1.165) is 12.6 Å². The van der Waals surface area contributed by atoms with Gasteiger partial charge in [0.05, 0.1) is 3.79 Å².